The molecule has 1 aromatic carbocycles. The summed E-state index contributed by atoms with van der Waals surface area (Å²) < 4.78 is 1.95. The van der Waals surface area contributed by atoms with Crippen LogP contribution in [0.25, 0.3) is 4.91 Å². The van der Waals surface area contributed by atoms with E-state index in [0.29, 0.717) is 17.0 Å². The Morgan fingerprint density at radius 3 is 2.44 bits per heavy atom. The number of aromatic nitrogens is 1. The summed E-state index contributed by atoms with van der Waals surface area (Å²) in [5.74, 6) is -3.33. The second-order valence-corrected chi connectivity index (χ2v) is 9.71. The van der Waals surface area contributed by atoms with Crippen molar-refractivity contribution in [3.8, 4) is 0 Å². The number of pyridine rings is 1. The van der Waals surface area contributed by atoms with Gasteiger partial charge in [-0.2, -0.15) is 0 Å². The van der Waals surface area contributed by atoms with Gasteiger partial charge in [-0.1, -0.05) is 36.0 Å². The van der Waals surface area contributed by atoms with E-state index in [2.05, 4.69) is 0 Å². The maximum absolute atomic E-state index is 12.4. The minimum atomic E-state index is -1.16. The smallest absolute Gasteiger partial charge is 0.353 e. The van der Waals surface area contributed by atoms with E-state index in [1.165, 1.54) is 28.4 Å². The van der Waals surface area contributed by atoms with E-state index in [1.807, 2.05) is 53.4 Å². The molecule has 166 valence electrons. The fourth-order valence-electron chi connectivity index (χ4n) is 3.75. The Kier molecular flexibility index (Phi) is 6.27. The van der Waals surface area contributed by atoms with E-state index in [-0.39, 0.29) is 17.4 Å². The molecule has 1 fully saturated rings. The normalized spacial score (nSPS) is 20.7. The number of hydrogen-bond acceptors (Lipinski definition) is 7. The molecule has 3 heterocycles. The molecule has 32 heavy (non-hydrogen) atoms. The van der Waals surface area contributed by atoms with Gasteiger partial charge >= 0.3 is 5.97 Å². The van der Waals surface area contributed by atoms with Crippen LogP contribution >= 0.6 is 23.5 Å². The molecule has 2 aliphatic rings. The fraction of sp³-hybridized carbons (Fsp3) is 0.273. The third-order valence-corrected chi connectivity index (χ3v) is 7.70. The van der Waals surface area contributed by atoms with E-state index in [4.69, 9.17) is 0 Å². The lowest BCUT2D eigenvalue weighted by atomic mass is 9.92. The molecule has 0 unspecified atom stereocenters. The molecule has 2 aromatic rings. The van der Waals surface area contributed by atoms with Crippen molar-refractivity contribution in [3.05, 3.63) is 65.6 Å². The average molecular weight is 473 g/mol. The number of aliphatic hydroxyl groups excluding tert-OH is 1. The van der Waals surface area contributed by atoms with Gasteiger partial charge in [0, 0.05) is 33.2 Å². The highest BCUT2D eigenvalue weighted by Crippen LogP contribution is 2.53. The van der Waals surface area contributed by atoms with Crippen molar-refractivity contribution in [2.45, 2.75) is 29.8 Å². The number of carboxylic acid groups (broad SMARTS) is 2. The molecule has 0 radical (unpaired) electrons. The number of carbonyl (C=O) groups excluding carboxylic acids is 2. The predicted octanol–water partition coefficient (Wildman–Crippen LogP) is 0.530. The highest BCUT2D eigenvalue weighted by Gasteiger charge is 2.57. The Balaban J connectivity index is 1.48. The number of β-lactam (4-membered cyclic amide) rings is 1. The first-order valence-corrected chi connectivity index (χ1v) is 11.7. The number of carboxylic acids is 2. The molecule has 2 N–H and O–H groups in total. The van der Waals surface area contributed by atoms with Crippen molar-refractivity contribution in [1.29, 1.82) is 0 Å². The number of fused-ring (bicyclic) bond motifs is 1. The maximum atomic E-state index is 12.4. The van der Waals surface area contributed by atoms with Crippen LogP contribution in [0.5, 0.6) is 0 Å². The second-order valence-electron chi connectivity index (χ2n) is 7.53. The number of amides is 1. The first-order valence-electron chi connectivity index (χ1n) is 9.82. The van der Waals surface area contributed by atoms with Crippen LogP contribution < -0.4 is 9.67 Å². The summed E-state index contributed by atoms with van der Waals surface area (Å²) in [4.78, 5) is 37.4. The summed E-state index contributed by atoms with van der Waals surface area (Å²) in [5, 5.41) is 29.7. The molecule has 0 saturated carbocycles. The number of rotatable bonds is 8. The topological polar surface area (TPSA) is 122 Å². The lowest BCUT2D eigenvalue weighted by Crippen LogP contribution is -2.60. The lowest BCUT2D eigenvalue weighted by Gasteiger charge is -2.43. The quantitative estimate of drug-likeness (QED) is 0.324. The summed E-state index contributed by atoms with van der Waals surface area (Å²) in [5.41, 5.74) is 1.67. The van der Waals surface area contributed by atoms with Gasteiger partial charge in [0.15, 0.2) is 18.9 Å². The van der Waals surface area contributed by atoms with Gasteiger partial charge in [0.2, 0.25) is 5.91 Å². The van der Waals surface area contributed by atoms with Gasteiger partial charge in [0.05, 0.1) is 18.0 Å². The first kappa shape index (κ1) is 22.4. The Labute approximate surface area is 192 Å². The summed E-state index contributed by atoms with van der Waals surface area (Å²) in [6.45, 7) is 2.13. The molecule has 0 bridgehead atoms. The number of aliphatic carboxylic acids is 2. The number of benzene rings is 1. The van der Waals surface area contributed by atoms with Gasteiger partial charge < -0.3 is 20.1 Å². The monoisotopic (exact) mass is 472 g/mol. The first-order chi connectivity index (χ1) is 15.3. The molecule has 4 rings (SSSR count). The van der Waals surface area contributed by atoms with Gasteiger partial charge in [-0.15, -0.1) is 11.8 Å². The SMILES string of the molecule is C[C@@H](O)[C@H]1C(=O)N2C(C(=O)O)=C(c3ccc(C[n+]4ccc(SCC(=O)[O-])cc4)cc3)S[C@H]12. The summed E-state index contributed by atoms with van der Waals surface area (Å²) in [6, 6.07) is 11.1. The minimum absolute atomic E-state index is 0.0336. The van der Waals surface area contributed by atoms with Crippen molar-refractivity contribution in [1.82, 2.24) is 4.90 Å². The van der Waals surface area contributed by atoms with E-state index >= 15 is 0 Å². The van der Waals surface area contributed by atoms with Crippen LogP contribution in [-0.2, 0) is 20.9 Å². The van der Waals surface area contributed by atoms with Crippen molar-refractivity contribution in [2.24, 2.45) is 5.92 Å². The van der Waals surface area contributed by atoms with E-state index in [1.54, 1.807) is 6.92 Å². The Morgan fingerprint density at radius 2 is 1.88 bits per heavy atom. The standard InChI is InChI=1S/C22H20N2O6S2/c1-12(25)17-20(28)24-18(22(29)30)19(32-21(17)24)14-4-2-13(3-5-14)10-23-8-6-15(7-9-23)31-11-16(26)27/h2-9,12,17,21,25H,10-11H2,1H3,(H-,26,27,29,30)/t12-,17+,21-/m1/s1. The zero-order chi connectivity index (χ0) is 23.0. The molecular formula is C22H20N2O6S2. The van der Waals surface area contributed by atoms with Crippen molar-refractivity contribution in [2.75, 3.05) is 5.75 Å². The number of hydrogen-bond donors (Lipinski definition) is 2. The van der Waals surface area contributed by atoms with E-state index in [9.17, 15) is 29.7 Å². The summed E-state index contributed by atoms with van der Waals surface area (Å²) in [6.07, 6.45) is 2.88. The number of carbonyl (C=O) groups is 3. The summed E-state index contributed by atoms with van der Waals surface area (Å²) >= 11 is 2.49. The zero-order valence-corrected chi connectivity index (χ0v) is 18.6. The van der Waals surface area contributed by atoms with Crippen LogP contribution in [-0.4, -0.2) is 50.2 Å². The molecular weight excluding hydrogens is 452 g/mol. The average Bonchev–Trinajstić information content (AvgIpc) is 3.09. The van der Waals surface area contributed by atoms with Gasteiger partial charge in [-0.25, -0.2) is 9.36 Å². The van der Waals surface area contributed by atoms with Crippen LogP contribution in [0.3, 0.4) is 0 Å². The number of aliphatic hydroxyl groups is 1. The molecule has 1 saturated heterocycles. The van der Waals surface area contributed by atoms with E-state index in [0.717, 1.165) is 10.5 Å². The molecule has 8 nitrogen and oxygen atoms in total. The Morgan fingerprint density at radius 1 is 1.22 bits per heavy atom. The predicted molar refractivity (Wildman–Crippen MR) is 116 cm³/mol. The zero-order valence-electron chi connectivity index (χ0n) is 17.0. The van der Waals surface area contributed by atoms with Crippen LogP contribution in [0.4, 0.5) is 0 Å². The molecule has 1 aromatic heterocycles. The van der Waals surface area contributed by atoms with Crippen LogP contribution in [0.1, 0.15) is 18.1 Å². The van der Waals surface area contributed by atoms with Gasteiger partial charge in [0.1, 0.15) is 11.1 Å². The molecule has 0 spiro atoms. The van der Waals surface area contributed by atoms with Gasteiger partial charge in [-0.05, 0) is 12.5 Å². The van der Waals surface area contributed by atoms with Crippen LogP contribution in [0, 0.1) is 5.92 Å². The minimum Gasteiger partial charge on any atom is -0.549 e. The van der Waals surface area contributed by atoms with Gasteiger partial charge in [0.25, 0.3) is 0 Å². The molecule has 3 atom stereocenters. The molecule has 10 heteroatoms. The fourth-order valence-corrected chi connectivity index (χ4v) is 5.96. The highest BCUT2D eigenvalue weighted by atomic mass is 32.2. The van der Waals surface area contributed by atoms with Crippen molar-refractivity contribution in [3.63, 3.8) is 0 Å². The number of nitrogens with zero attached hydrogens (tertiary/aromatic N) is 2. The molecule has 1 amide bonds. The third-order valence-electron chi connectivity index (χ3n) is 5.30. The maximum Gasteiger partial charge on any atom is 0.353 e. The third kappa shape index (κ3) is 4.25. The van der Waals surface area contributed by atoms with E-state index < -0.39 is 29.3 Å². The lowest BCUT2D eigenvalue weighted by molar-refractivity contribution is -0.688. The van der Waals surface area contributed by atoms with Crippen LogP contribution in [0.15, 0.2) is 59.4 Å². The van der Waals surface area contributed by atoms with Crippen molar-refractivity contribution < 1.29 is 34.3 Å². The summed E-state index contributed by atoms with van der Waals surface area (Å²) in [7, 11) is 0. The molecule has 0 aliphatic carbocycles. The van der Waals surface area contributed by atoms with Crippen LogP contribution in [0.2, 0.25) is 0 Å². The Bertz CT molecular complexity index is 1100. The largest absolute Gasteiger partial charge is 0.549 e. The van der Waals surface area contributed by atoms with Gasteiger partial charge in [-0.3, -0.25) is 9.69 Å². The molecule has 2 aliphatic heterocycles. The van der Waals surface area contributed by atoms with Crippen molar-refractivity contribution >= 4 is 46.3 Å². The Hall–Kier alpha value is -2.82. The number of thioether (sulfide) groups is 2. The highest BCUT2D eigenvalue weighted by molar-refractivity contribution is 8.09. The second kappa shape index (κ2) is 8.97.